The van der Waals surface area contributed by atoms with Crippen molar-refractivity contribution in [2.24, 2.45) is 10.9 Å². The molecule has 35 heavy (non-hydrogen) atoms. The topological polar surface area (TPSA) is 98.0 Å². The number of nitrogens with zero attached hydrogens (tertiary/aromatic N) is 3. The zero-order chi connectivity index (χ0) is 25.0. The Hall–Kier alpha value is -2.34. The van der Waals surface area contributed by atoms with Crippen LogP contribution in [0.25, 0.3) is 10.2 Å². The minimum absolute atomic E-state index is 0.0551. The highest BCUT2D eigenvalue weighted by molar-refractivity contribution is 7.91. The summed E-state index contributed by atoms with van der Waals surface area (Å²) in [5, 5.41) is 1.73. The monoisotopic (exact) mass is 535 g/mol. The van der Waals surface area contributed by atoms with Crippen LogP contribution >= 0.6 is 22.7 Å². The van der Waals surface area contributed by atoms with Crippen molar-refractivity contribution < 1.29 is 22.7 Å². The van der Waals surface area contributed by atoms with Crippen molar-refractivity contribution >= 4 is 54.8 Å². The molecule has 3 aromatic rings. The van der Waals surface area contributed by atoms with Crippen molar-refractivity contribution in [3.05, 3.63) is 46.1 Å². The molecule has 0 radical (unpaired) electrons. The van der Waals surface area contributed by atoms with Gasteiger partial charge in [-0.2, -0.15) is 9.30 Å². The largest absolute Gasteiger partial charge is 0.468 e. The van der Waals surface area contributed by atoms with Crippen LogP contribution in [0.2, 0.25) is 0 Å². The number of benzene rings is 1. The number of aromatic nitrogens is 1. The molecular weight excluding hydrogens is 506 g/mol. The van der Waals surface area contributed by atoms with E-state index in [1.807, 2.05) is 12.1 Å². The van der Waals surface area contributed by atoms with E-state index in [4.69, 9.17) is 4.74 Å². The average Bonchev–Trinajstić information content (AvgIpc) is 3.52. The second-order valence-corrected chi connectivity index (χ2v) is 12.7. The molecular formula is C24H29N3O5S3. The number of thiophene rings is 1. The van der Waals surface area contributed by atoms with Gasteiger partial charge in [0.15, 0.2) is 4.80 Å². The Labute approximate surface area is 212 Å². The highest BCUT2D eigenvalue weighted by Gasteiger charge is 2.33. The third-order valence-electron chi connectivity index (χ3n) is 6.11. The number of esters is 1. The van der Waals surface area contributed by atoms with E-state index in [-0.39, 0.29) is 23.2 Å². The molecule has 1 fully saturated rings. The second-order valence-electron chi connectivity index (χ2n) is 8.54. The molecule has 0 bridgehead atoms. The normalized spacial score (nSPS) is 17.7. The van der Waals surface area contributed by atoms with Crippen LogP contribution in [-0.4, -0.2) is 49.4 Å². The van der Waals surface area contributed by atoms with Crippen LogP contribution in [0.3, 0.4) is 0 Å². The summed E-state index contributed by atoms with van der Waals surface area (Å²) in [6.45, 7) is 2.58. The van der Waals surface area contributed by atoms with Gasteiger partial charge < -0.3 is 9.30 Å². The Morgan fingerprint density at radius 1 is 1.26 bits per heavy atom. The van der Waals surface area contributed by atoms with E-state index in [9.17, 15) is 18.0 Å². The fourth-order valence-electron chi connectivity index (χ4n) is 4.17. The predicted octanol–water partition coefficient (Wildman–Crippen LogP) is 3.81. The maximum atomic E-state index is 13.2. The van der Waals surface area contributed by atoms with Crippen LogP contribution in [-0.2, 0) is 37.3 Å². The number of fused-ring (bicyclic) bond motifs is 1. The number of carbonyl (C=O) groups excluding carboxylic acids is 2. The number of rotatable bonds is 8. The number of sulfonamides is 1. The fourth-order valence-corrected chi connectivity index (χ4v) is 7.94. The van der Waals surface area contributed by atoms with Crippen LogP contribution in [0.15, 0.2) is 44.9 Å². The smallest absolute Gasteiger partial charge is 0.325 e. The number of hydrogen-bond acceptors (Lipinski definition) is 7. The van der Waals surface area contributed by atoms with E-state index in [2.05, 4.69) is 18.0 Å². The van der Waals surface area contributed by atoms with Crippen molar-refractivity contribution in [1.82, 2.24) is 8.87 Å². The Morgan fingerprint density at radius 2 is 2.09 bits per heavy atom. The number of amides is 1. The summed E-state index contributed by atoms with van der Waals surface area (Å²) in [6, 6.07) is 9.37. The van der Waals surface area contributed by atoms with Gasteiger partial charge in [0.1, 0.15) is 10.8 Å². The summed E-state index contributed by atoms with van der Waals surface area (Å²) >= 11 is 2.53. The number of methoxy groups -OCH3 is 1. The first-order chi connectivity index (χ1) is 16.8. The third-order valence-corrected chi connectivity index (χ3v) is 10.4. The lowest BCUT2D eigenvalue weighted by Crippen LogP contribution is -2.42. The van der Waals surface area contributed by atoms with Crippen LogP contribution < -0.4 is 4.80 Å². The molecule has 1 aromatic carbocycles. The van der Waals surface area contributed by atoms with Crippen molar-refractivity contribution in [1.29, 1.82) is 0 Å². The summed E-state index contributed by atoms with van der Waals surface area (Å²) in [4.78, 5) is 30.1. The summed E-state index contributed by atoms with van der Waals surface area (Å²) in [7, 11) is -2.30. The number of piperidine rings is 1. The molecule has 0 aliphatic carbocycles. The van der Waals surface area contributed by atoms with Gasteiger partial charge in [-0.1, -0.05) is 36.8 Å². The van der Waals surface area contributed by atoms with Crippen LogP contribution in [0.1, 0.15) is 38.2 Å². The van der Waals surface area contributed by atoms with E-state index >= 15 is 0 Å². The zero-order valence-electron chi connectivity index (χ0n) is 19.8. The molecule has 11 heteroatoms. The number of thiazole rings is 1. The van der Waals surface area contributed by atoms with E-state index in [0.717, 1.165) is 29.5 Å². The van der Waals surface area contributed by atoms with Gasteiger partial charge in [0.25, 0.3) is 15.9 Å². The quantitative estimate of drug-likeness (QED) is 0.409. The lowest BCUT2D eigenvalue weighted by atomic mass is 9.99. The molecule has 0 N–H and O–H groups in total. The average molecular weight is 536 g/mol. The lowest BCUT2D eigenvalue weighted by Gasteiger charge is -2.29. The molecule has 4 rings (SSSR count). The molecule has 0 saturated carbocycles. The minimum Gasteiger partial charge on any atom is -0.468 e. The van der Waals surface area contributed by atoms with Gasteiger partial charge in [-0.05, 0) is 54.8 Å². The van der Waals surface area contributed by atoms with Crippen LogP contribution in [0, 0.1) is 5.92 Å². The maximum absolute atomic E-state index is 13.2. The molecule has 1 aliphatic heterocycles. The molecule has 1 aliphatic rings. The van der Waals surface area contributed by atoms with Crippen LogP contribution in [0.5, 0.6) is 0 Å². The molecule has 188 valence electrons. The summed E-state index contributed by atoms with van der Waals surface area (Å²) in [6.07, 6.45) is 4.30. The predicted molar refractivity (Wildman–Crippen MR) is 137 cm³/mol. The first kappa shape index (κ1) is 25.7. The fraction of sp³-hybridized carbons (Fsp3) is 0.458. The van der Waals surface area contributed by atoms with Gasteiger partial charge in [0.05, 0.1) is 23.2 Å². The Morgan fingerprint density at radius 3 is 2.80 bits per heavy atom. The van der Waals surface area contributed by atoms with Gasteiger partial charge in [-0.3, -0.25) is 9.59 Å². The number of carbonyl (C=O) groups is 2. The Balaban J connectivity index is 1.65. The van der Waals surface area contributed by atoms with Gasteiger partial charge in [-0.15, -0.1) is 11.3 Å². The number of ether oxygens (including phenoxy) is 1. The van der Waals surface area contributed by atoms with Crippen molar-refractivity contribution in [2.75, 3.05) is 20.2 Å². The summed E-state index contributed by atoms with van der Waals surface area (Å²) < 4.78 is 35.1. The lowest BCUT2D eigenvalue weighted by molar-refractivity contribution is -0.141. The first-order valence-corrected chi connectivity index (χ1v) is 14.8. The second kappa shape index (κ2) is 11.2. The molecule has 2 aromatic heterocycles. The van der Waals surface area contributed by atoms with E-state index < -0.39 is 21.9 Å². The maximum Gasteiger partial charge on any atom is 0.325 e. The molecule has 1 unspecified atom stereocenters. The number of aryl methyl sites for hydroxylation is 1. The molecule has 1 amide bonds. The highest BCUT2D eigenvalue weighted by atomic mass is 32.2. The van der Waals surface area contributed by atoms with Gasteiger partial charge >= 0.3 is 5.97 Å². The first-order valence-electron chi connectivity index (χ1n) is 11.6. The Bertz CT molecular complexity index is 1370. The van der Waals surface area contributed by atoms with Crippen molar-refractivity contribution in [2.45, 2.75) is 49.8 Å². The van der Waals surface area contributed by atoms with Crippen molar-refractivity contribution in [3.8, 4) is 0 Å². The van der Waals surface area contributed by atoms with E-state index in [1.165, 1.54) is 39.7 Å². The van der Waals surface area contributed by atoms with E-state index in [0.29, 0.717) is 24.2 Å². The summed E-state index contributed by atoms with van der Waals surface area (Å²) in [5.74, 6) is -1.33. The van der Waals surface area contributed by atoms with Gasteiger partial charge in [-0.25, -0.2) is 8.42 Å². The van der Waals surface area contributed by atoms with Gasteiger partial charge in [0, 0.05) is 13.1 Å². The van der Waals surface area contributed by atoms with Crippen molar-refractivity contribution in [3.63, 3.8) is 0 Å². The third kappa shape index (κ3) is 5.74. The number of unbranched alkanes of at least 4 members (excludes halogenated alkanes) is 1. The van der Waals surface area contributed by atoms with Crippen LogP contribution in [0.4, 0.5) is 0 Å². The SMILES string of the molecule is CCCCc1ccc2c(c1)sc(=NC(=O)C1CCCN(S(=O)(=O)c3cccs3)C1)n2CC(=O)OC. The number of hydrogen-bond donors (Lipinski definition) is 0. The summed E-state index contributed by atoms with van der Waals surface area (Å²) in [5.41, 5.74) is 2.02. The van der Waals surface area contributed by atoms with Gasteiger partial charge in [0.2, 0.25) is 0 Å². The zero-order valence-corrected chi connectivity index (χ0v) is 22.3. The highest BCUT2D eigenvalue weighted by Crippen LogP contribution is 2.27. The molecule has 8 nitrogen and oxygen atoms in total. The minimum atomic E-state index is -3.62. The molecule has 0 spiro atoms. The Kier molecular flexibility index (Phi) is 8.20. The standard InChI is InChI=1S/C24H29N3O5S3/c1-3-4-7-17-10-11-19-20(14-17)34-24(27(19)16-21(28)32-2)25-23(29)18-8-5-12-26(15-18)35(30,31)22-9-6-13-33-22/h6,9-11,13-14,18H,3-5,7-8,12,15-16H2,1-2H3. The molecule has 1 saturated heterocycles. The molecule has 1 atom stereocenters. The molecule has 3 heterocycles. The van der Waals surface area contributed by atoms with E-state index in [1.54, 1.807) is 22.1 Å².